The van der Waals surface area contributed by atoms with Gasteiger partial charge in [-0.2, -0.15) is 0 Å². The van der Waals surface area contributed by atoms with Crippen molar-refractivity contribution in [1.82, 2.24) is 0 Å². The van der Waals surface area contributed by atoms with E-state index < -0.39 is 67.3 Å². The standard InChI is InChI=1S/C59H96O12/c1-4-7-10-13-16-19-21-23-25-26-28-29-31-34-36-39-42-45-51(60)67-48-50(69-52(61)46-43-40-38-35-32-30-27-24-22-20-17-14-11-8-5-2)49-68-59-57(55(64)54(63)56(71-59)58(65)66)70-53(62)47-44-41-37-33-18-15-12-9-6-3/h7-8,10-11,16-17,19-20,23-25,27-29,50,54-57,59,63-64H,4-6,9,12-15,18,21-22,26,30-49H2,1-3H3,(H,65,66)/b10-7-,11-8-,19-16-,20-17-,25-23-,27-24-,29-28-. The van der Waals surface area contributed by atoms with Gasteiger partial charge in [0.2, 0.25) is 0 Å². The maximum Gasteiger partial charge on any atom is 0.335 e. The number of carboxylic acid groups (broad SMARTS) is 1. The lowest BCUT2D eigenvalue weighted by Crippen LogP contribution is -2.61. The van der Waals surface area contributed by atoms with Crippen LogP contribution in [0.2, 0.25) is 0 Å². The minimum atomic E-state index is -1.91. The van der Waals surface area contributed by atoms with Gasteiger partial charge in [0.25, 0.3) is 0 Å². The first-order chi connectivity index (χ1) is 34.6. The van der Waals surface area contributed by atoms with E-state index in [2.05, 4.69) is 106 Å². The van der Waals surface area contributed by atoms with E-state index in [1.54, 1.807) is 0 Å². The predicted octanol–water partition coefficient (Wildman–Crippen LogP) is 13.6. The van der Waals surface area contributed by atoms with Crippen LogP contribution in [0.1, 0.15) is 213 Å². The molecule has 0 radical (unpaired) electrons. The number of unbranched alkanes of at least 4 members (excludes halogenated alkanes) is 17. The largest absolute Gasteiger partial charge is 0.479 e. The molecule has 1 rings (SSSR count). The Bertz CT molecular complexity index is 1560. The third-order valence-electron chi connectivity index (χ3n) is 12.0. The van der Waals surface area contributed by atoms with E-state index in [4.69, 9.17) is 23.7 Å². The third-order valence-corrected chi connectivity index (χ3v) is 12.0. The monoisotopic (exact) mass is 997 g/mol. The minimum Gasteiger partial charge on any atom is -0.479 e. The third kappa shape index (κ3) is 37.3. The molecule has 0 saturated carbocycles. The van der Waals surface area contributed by atoms with Gasteiger partial charge in [0.1, 0.15) is 18.8 Å². The molecule has 1 aliphatic heterocycles. The lowest BCUT2D eigenvalue weighted by atomic mass is 9.98. The molecule has 0 bridgehead atoms. The van der Waals surface area contributed by atoms with Gasteiger partial charge in [0.05, 0.1) is 6.61 Å². The summed E-state index contributed by atoms with van der Waals surface area (Å²) < 4.78 is 28.3. The molecule has 6 atom stereocenters. The maximum atomic E-state index is 13.1. The molecule has 6 unspecified atom stereocenters. The molecule has 0 spiro atoms. The predicted molar refractivity (Wildman–Crippen MR) is 284 cm³/mol. The molecule has 12 heteroatoms. The van der Waals surface area contributed by atoms with Crippen LogP contribution in [-0.2, 0) is 42.9 Å². The van der Waals surface area contributed by atoms with Crippen molar-refractivity contribution in [2.45, 2.75) is 250 Å². The summed E-state index contributed by atoms with van der Waals surface area (Å²) in [6, 6.07) is 0. The Morgan fingerprint density at radius 2 is 0.887 bits per heavy atom. The summed E-state index contributed by atoms with van der Waals surface area (Å²) in [6.07, 6.45) is 47.2. The fraction of sp³-hybridized carbons (Fsp3) is 0.695. The van der Waals surface area contributed by atoms with E-state index in [0.717, 1.165) is 128 Å². The average molecular weight is 997 g/mol. The van der Waals surface area contributed by atoms with Crippen molar-refractivity contribution in [3.05, 3.63) is 85.1 Å². The van der Waals surface area contributed by atoms with Gasteiger partial charge in [-0.1, -0.05) is 189 Å². The van der Waals surface area contributed by atoms with Crippen LogP contribution in [0.25, 0.3) is 0 Å². The summed E-state index contributed by atoms with van der Waals surface area (Å²) in [7, 11) is 0. The van der Waals surface area contributed by atoms with Crippen molar-refractivity contribution >= 4 is 23.9 Å². The molecule has 404 valence electrons. The van der Waals surface area contributed by atoms with Crippen molar-refractivity contribution in [2.24, 2.45) is 0 Å². The zero-order valence-corrected chi connectivity index (χ0v) is 44.2. The molecule has 0 aromatic carbocycles. The van der Waals surface area contributed by atoms with Gasteiger partial charge in [0.15, 0.2) is 24.6 Å². The summed E-state index contributed by atoms with van der Waals surface area (Å²) in [5, 5.41) is 31.3. The number of carbonyl (C=O) groups is 4. The number of carboxylic acids is 1. The highest BCUT2D eigenvalue weighted by atomic mass is 16.7. The Kier molecular flexibility index (Phi) is 42.9. The van der Waals surface area contributed by atoms with E-state index in [-0.39, 0.29) is 25.9 Å². The highest BCUT2D eigenvalue weighted by Crippen LogP contribution is 2.26. The van der Waals surface area contributed by atoms with Crippen molar-refractivity contribution in [2.75, 3.05) is 13.2 Å². The second-order valence-corrected chi connectivity index (χ2v) is 18.5. The first-order valence-electron chi connectivity index (χ1n) is 27.6. The molecular weight excluding hydrogens is 901 g/mol. The van der Waals surface area contributed by atoms with Crippen molar-refractivity contribution < 1.29 is 58.2 Å². The Hall–Kier alpha value is -4.10. The zero-order valence-electron chi connectivity index (χ0n) is 44.2. The van der Waals surface area contributed by atoms with Crippen LogP contribution in [0.3, 0.4) is 0 Å². The molecule has 1 saturated heterocycles. The molecule has 1 heterocycles. The Labute approximate surface area is 429 Å². The lowest BCUT2D eigenvalue weighted by Gasteiger charge is -2.40. The van der Waals surface area contributed by atoms with E-state index >= 15 is 0 Å². The van der Waals surface area contributed by atoms with Crippen LogP contribution in [0.15, 0.2) is 85.1 Å². The van der Waals surface area contributed by atoms with Crippen molar-refractivity contribution in [1.29, 1.82) is 0 Å². The minimum absolute atomic E-state index is 0.0538. The number of carbonyl (C=O) groups excluding carboxylic acids is 3. The van der Waals surface area contributed by atoms with Crippen LogP contribution in [0.4, 0.5) is 0 Å². The van der Waals surface area contributed by atoms with Crippen LogP contribution >= 0.6 is 0 Å². The van der Waals surface area contributed by atoms with E-state index in [1.807, 2.05) is 0 Å². The number of aliphatic carboxylic acids is 1. The van der Waals surface area contributed by atoms with Crippen molar-refractivity contribution in [3.63, 3.8) is 0 Å². The van der Waals surface area contributed by atoms with Gasteiger partial charge in [0, 0.05) is 19.3 Å². The number of ether oxygens (including phenoxy) is 5. The smallest absolute Gasteiger partial charge is 0.335 e. The second kappa shape index (κ2) is 46.9. The first-order valence-corrected chi connectivity index (χ1v) is 27.6. The fourth-order valence-electron chi connectivity index (χ4n) is 7.78. The van der Waals surface area contributed by atoms with Gasteiger partial charge in [-0.3, -0.25) is 14.4 Å². The number of aliphatic hydroxyl groups excluding tert-OH is 2. The van der Waals surface area contributed by atoms with Gasteiger partial charge in [-0.15, -0.1) is 0 Å². The molecule has 1 aliphatic rings. The molecule has 1 fully saturated rings. The first kappa shape index (κ1) is 64.9. The SMILES string of the molecule is CC/C=C\C/C=C\C/C=C\C/C=C\CCCCCCC(=O)OCC(COC1OC(C(=O)O)C(O)C(O)C1OC(=O)CCCCCCCCCCC)OC(=O)CCCCCCC/C=C\C/C=C\C/C=C\CC. The molecule has 71 heavy (non-hydrogen) atoms. The van der Waals surface area contributed by atoms with Crippen LogP contribution in [0.5, 0.6) is 0 Å². The van der Waals surface area contributed by atoms with Gasteiger partial charge in [-0.25, -0.2) is 4.79 Å². The fourth-order valence-corrected chi connectivity index (χ4v) is 7.78. The zero-order chi connectivity index (χ0) is 51.8. The summed E-state index contributed by atoms with van der Waals surface area (Å²) >= 11 is 0. The number of esters is 3. The number of rotatable bonds is 45. The molecule has 0 amide bonds. The van der Waals surface area contributed by atoms with E-state index in [9.17, 15) is 34.5 Å². The summed E-state index contributed by atoms with van der Waals surface area (Å²) in [6.45, 7) is 5.68. The highest BCUT2D eigenvalue weighted by molar-refractivity contribution is 5.74. The quantitative estimate of drug-likeness (QED) is 0.0228. The normalized spacial score (nSPS) is 19.1. The van der Waals surface area contributed by atoms with Crippen LogP contribution in [-0.4, -0.2) is 89.2 Å². The number of allylic oxidation sites excluding steroid dienone is 14. The van der Waals surface area contributed by atoms with Gasteiger partial charge < -0.3 is 39.0 Å². The van der Waals surface area contributed by atoms with Crippen molar-refractivity contribution in [3.8, 4) is 0 Å². The average Bonchev–Trinajstić information content (AvgIpc) is 3.35. The van der Waals surface area contributed by atoms with E-state index in [0.29, 0.717) is 19.3 Å². The lowest BCUT2D eigenvalue weighted by molar-refractivity contribution is -0.301. The van der Waals surface area contributed by atoms with Crippen LogP contribution < -0.4 is 0 Å². The Morgan fingerprint density at radius 3 is 1.35 bits per heavy atom. The maximum absolute atomic E-state index is 13.1. The topological polar surface area (TPSA) is 175 Å². The van der Waals surface area contributed by atoms with E-state index in [1.165, 1.54) is 25.7 Å². The van der Waals surface area contributed by atoms with Crippen LogP contribution in [0, 0.1) is 0 Å². The summed E-state index contributed by atoms with van der Waals surface area (Å²) in [4.78, 5) is 50.9. The molecule has 3 N–H and O–H groups in total. The molecule has 0 aromatic rings. The number of aliphatic hydroxyl groups is 2. The van der Waals surface area contributed by atoms with Gasteiger partial charge >= 0.3 is 23.9 Å². The Balaban J connectivity index is 2.73. The number of hydrogen-bond acceptors (Lipinski definition) is 11. The van der Waals surface area contributed by atoms with Gasteiger partial charge in [-0.05, 0) is 89.9 Å². The number of hydrogen-bond donors (Lipinski definition) is 3. The molecule has 0 aromatic heterocycles. The molecular formula is C59H96O12. The molecule has 0 aliphatic carbocycles. The summed E-state index contributed by atoms with van der Waals surface area (Å²) in [5.74, 6) is -3.18. The summed E-state index contributed by atoms with van der Waals surface area (Å²) in [5.41, 5.74) is 0. The molecule has 12 nitrogen and oxygen atoms in total. The second-order valence-electron chi connectivity index (χ2n) is 18.5. The Morgan fingerprint density at radius 1 is 0.479 bits per heavy atom. The highest BCUT2D eigenvalue weighted by Gasteiger charge is 2.50.